The van der Waals surface area contributed by atoms with Gasteiger partial charge in [-0.25, -0.2) is 4.68 Å². The van der Waals surface area contributed by atoms with Crippen molar-refractivity contribution in [3.63, 3.8) is 0 Å². The lowest BCUT2D eigenvalue weighted by Gasteiger charge is -2.36. The minimum absolute atomic E-state index is 0.0293. The lowest BCUT2D eigenvalue weighted by atomic mass is 10.2. The van der Waals surface area contributed by atoms with Crippen LogP contribution in [0.5, 0.6) is 0 Å². The molecule has 0 N–H and O–H groups in total. The molecular weight excluding hydrogens is 396 g/mol. The van der Waals surface area contributed by atoms with Gasteiger partial charge in [0.05, 0.1) is 11.9 Å². The van der Waals surface area contributed by atoms with Crippen LogP contribution in [-0.4, -0.2) is 46.8 Å². The normalized spacial score (nSPS) is 14.8. The zero-order valence-corrected chi connectivity index (χ0v) is 15.4. The van der Waals surface area contributed by atoms with Crippen LogP contribution >= 0.6 is 27.5 Å². The van der Waals surface area contributed by atoms with E-state index in [4.69, 9.17) is 11.6 Å². The van der Waals surface area contributed by atoms with Crippen molar-refractivity contribution in [1.29, 1.82) is 0 Å². The molecule has 0 aliphatic carbocycles. The molecule has 3 rings (SSSR count). The van der Waals surface area contributed by atoms with Gasteiger partial charge in [0.1, 0.15) is 4.47 Å². The number of halogens is 2. The van der Waals surface area contributed by atoms with Gasteiger partial charge in [-0.3, -0.25) is 9.59 Å². The maximum Gasteiger partial charge on any atom is 0.282 e. The average molecular weight is 412 g/mol. The van der Waals surface area contributed by atoms with E-state index >= 15 is 0 Å². The Kier molecular flexibility index (Phi) is 4.91. The Bertz CT molecular complexity index is 831. The van der Waals surface area contributed by atoms with Crippen LogP contribution in [0.15, 0.2) is 39.7 Å². The molecule has 1 aromatic heterocycles. The standard InChI is InChI=1S/C16H16BrClN4O2/c1-20-16(24)14(17)13(10-19-20)21-5-7-22(8-6-21)15(23)11-3-2-4-12(18)9-11/h2-4,9-10H,5-8H2,1H3. The summed E-state index contributed by atoms with van der Waals surface area (Å²) >= 11 is 9.30. The molecule has 126 valence electrons. The van der Waals surface area contributed by atoms with Crippen molar-refractivity contribution in [2.45, 2.75) is 0 Å². The maximum absolute atomic E-state index is 12.5. The minimum atomic E-state index is -0.176. The molecule has 1 aliphatic rings. The highest BCUT2D eigenvalue weighted by Crippen LogP contribution is 2.23. The molecule has 2 aromatic rings. The van der Waals surface area contributed by atoms with Crippen LogP contribution in [-0.2, 0) is 7.05 Å². The van der Waals surface area contributed by atoms with E-state index in [1.54, 1.807) is 42.4 Å². The molecule has 6 nitrogen and oxygen atoms in total. The summed E-state index contributed by atoms with van der Waals surface area (Å²) in [6.45, 7) is 2.43. The molecule has 2 heterocycles. The van der Waals surface area contributed by atoms with E-state index in [2.05, 4.69) is 25.9 Å². The van der Waals surface area contributed by atoms with Gasteiger partial charge in [-0.05, 0) is 34.1 Å². The fourth-order valence-electron chi connectivity index (χ4n) is 2.68. The van der Waals surface area contributed by atoms with Gasteiger partial charge < -0.3 is 9.80 Å². The smallest absolute Gasteiger partial charge is 0.282 e. The summed E-state index contributed by atoms with van der Waals surface area (Å²) in [6.07, 6.45) is 1.67. The summed E-state index contributed by atoms with van der Waals surface area (Å²) in [7, 11) is 1.61. The summed E-state index contributed by atoms with van der Waals surface area (Å²) in [4.78, 5) is 28.4. The molecule has 0 atom stereocenters. The third-order valence-corrected chi connectivity index (χ3v) is 5.02. The van der Waals surface area contributed by atoms with Gasteiger partial charge in [0.2, 0.25) is 0 Å². The number of nitrogens with zero attached hydrogens (tertiary/aromatic N) is 4. The fourth-order valence-corrected chi connectivity index (χ4v) is 3.48. The number of aryl methyl sites for hydroxylation is 1. The molecular formula is C16H16BrClN4O2. The van der Waals surface area contributed by atoms with Crippen molar-refractivity contribution >= 4 is 39.1 Å². The van der Waals surface area contributed by atoms with Crippen LogP contribution < -0.4 is 10.5 Å². The largest absolute Gasteiger partial charge is 0.366 e. The number of anilines is 1. The highest BCUT2D eigenvalue weighted by Gasteiger charge is 2.24. The number of carbonyl (C=O) groups is 1. The van der Waals surface area contributed by atoms with E-state index in [9.17, 15) is 9.59 Å². The van der Waals surface area contributed by atoms with Crippen molar-refractivity contribution < 1.29 is 4.79 Å². The number of hydrogen-bond donors (Lipinski definition) is 0. The Morgan fingerprint density at radius 3 is 2.62 bits per heavy atom. The molecule has 1 fully saturated rings. The second-order valence-corrected chi connectivity index (χ2v) is 6.79. The first-order valence-electron chi connectivity index (χ1n) is 7.49. The van der Waals surface area contributed by atoms with E-state index in [0.29, 0.717) is 41.2 Å². The van der Waals surface area contributed by atoms with Gasteiger partial charge in [0, 0.05) is 43.8 Å². The Labute approximate surface area is 152 Å². The number of amides is 1. The van der Waals surface area contributed by atoms with Crippen LogP contribution in [0.4, 0.5) is 5.69 Å². The lowest BCUT2D eigenvalue weighted by Crippen LogP contribution is -2.49. The first-order valence-corrected chi connectivity index (χ1v) is 8.66. The van der Waals surface area contributed by atoms with Crippen molar-refractivity contribution in [2.24, 2.45) is 7.05 Å². The average Bonchev–Trinajstić information content (AvgIpc) is 2.59. The van der Waals surface area contributed by atoms with Crippen molar-refractivity contribution in [3.05, 3.63) is 55.9 Å². The maximum atomic E-state index is 12.5. The number of benzene rings is 1. The predicted octanol–water partition coefficient (Wildman–Crippen LogP) is 2.16. The van der Waals surface area contributed by atoms with Gasteiger partial charge in [-0.2, -0.15) is 5.10 Å². The molecule has 8 heteroatoms. The Morgan fingerprint density at radius 2 is 1.96 bits per heavy atom. The van der Waals surface area contributed by atoms with E-state index in [1.807, 2.05) is 0 Å². The zero-order valence-electron chi connectivity index (χ0n) is 13.1. The van der Waals surface area contributed by atoms with Gasteiger partial charge in [-0.15, -0.1) is 0 Å². The number of carbonyl (C=O) groups excluding carboxylic acids is 1. The lowest BCUT2D eigenvalue weighted by molar-refractivity contribution is 0.0746. The van der Waals surface area contributed by atoms with Gasteiger partial charge in [0.25, 0.3) is 11.5 Å². The number of hydrogen-bond acceptors (Lipinski definition) is 4. The monoisotopic (exact) mass is 410 g/mol. The molecule has 0 spiro atoms. The third-order valence-electron chi connectivity index (χ3n) is 4.04. The first kappa shape index (κ1) is 17.0. The molecule has 1 saturated heterocycles. The summed E-state index contributed by atoms with van der Waals surface area (Å²) in [5.74, 6) is -0.0293. The summed E-state index contributed by atoms with van der Waals surface area (Å²) in [6, 6.07) is 6.96. The summed E-state index contributed by atoms with van der Waals surface area (Å²) in [5.41, 5.74) is 1.17. The summed E-state index contributed by atoms with van der Waals surface area (Å²) < 4.78 is 1.78. The predicted molar refractivity (Wildman–Crippen MR) is 96.7 cm³/mol. The number of piperazine rings is 1. The SMILES string of the molecule is Cn1ncc(N2CCN(C(=O)c3cccc(Cl)c3)CC2)c(Br)c1=O. The van der Waals surface area contributed by atoms with Gasteiger partial charge >= 0.3 is 0 Å². The fraction of sp³-hybridized carbons (Fsp3) is 0.312. The second-order valence-electron chi connectivity index (χ2n) is 5.56. The van der Waals surface area contributed by atoms with Crippen LogP contribution in [0.25, 0.3) is 0 Å². The Balaban J connectivity index is 1.71. The number of aromatic nitrogens is 2. The van der Waals surface area contributed by atoms with Crippen LogP contribution in [0.1, 0.15) is 10.4 Å². The van der Waals surface area contributed by atoms with E-state index in [0.717, 1.165) is 5.69 Å². The molecule has 24 heavy (non-hydrogen) atoms. The Morgan fingerprint density at radius 1 is 1.25 bits per heavy atom. The molecule has 0 saturated carbocycles. The molecule has 1 amide bonds. The molecule has 0 unspecified atom stereocenters. The molecule has 1 aromatic carbocycles. The number of rotatable bonds is 2. The van der Waals surface area contributed by atoms with Gasteiger partial charge in [0.15, 0.2) is 0 Å². The highest BCUT2D eigenvalue weighted by atomic mass is 79.9. The quantitative estimate of drug-likeness (QED) is 0.760. The third kappa shape index (κ3) is 3.32. The zero-order chi connectivity index (χ0) is 17.3. The van der Waals surface area contributed by atoms with Gasteiger partial charge in [-0.1, -0.05) is 17.7 Å². The van der Waals surface area contributed by atoms with E-state index in [-0.39, 0.29) is 11.5 Å². The first-order chi connectivity index (χ1) is 11.5. The van der Waals surface area contributed by atoms with Crippen molar-refractivity contribution in [2.75, 3.05) is 31.1 Å². The van der Waals surface area contributed by atoms with Crippen LogP contribution in [0.2, 0.25) is 5.02 Å². The van der Waals surface area contributed by atoms with E-state index in [1.165, 1.54) is 4.68 Å². The Hall–Kier alpha value is -1.86. The molecule has 0 bridgehead atoms. The minimum Gasteiger partial charge on any atom is -0.366 e. The highest BCUT2D eigenvalue weighted by molar-refractivity contribution is 9.10. The van der Waals surface area contributed by atoms with Crippen LogP contribution in [0, 0.1) is 0 Å². The van der Waals surface area contributed by atoms with Crippen LogP contribution in [0.3, 0.4) is 0 Å². The molecule has 1 aliphatic heterocycles. The second kappa shape index (κ2) is 6.94. The molecule has 0 radical (unpaired) electrons. The van der Waals surface area contributed by atoms with Crippen molar-refractivity contribution in [3.8, 4) is 0 Å². The van der Waals surface area contributed by atoms with E-state index < -0.39 is 0 Å². The van der Waals surface area contributed by atoms with Crippen molar-refractivity contribution in [1.82, 2.24) is 14.7 Å². The summed E-state index contributed by atoms with van der Waals surface area (Å²) in [5, 5.41) is 4.61. The topological polar surface area (TPSA) is 58.4 Å².